The first kappa shape index (κ1) is 8.52. The number of nitrogens with zero attached hydrogens (tertiary/aromatic N) is 3. The fraction of sp³-hybridized carbons (Fsp3) is 0.286. The van der Waals surface area contributed by atoms with Crippen LogP contribution in [0.3, 0.4) is 0 Å². The van der Waals surface area contributed by atoms with Gasteiger partial charge >= 0.3 is 0 Å². The quantitative estimate of drug-likeness (QED) is 0.371. The molecular weight excluding hydrogens is 158 g/mol. The standard InChI is InChI=1S/C7H7N3O2/c8-10-9-5-7(12)4-2-1-3-6(7)11/h1-4,12H,5H2. The van der Waals surface area contributed by atoms with Gasteiger partial charge in [0.15, 0.2) is 11.4 Å². The molecule has 0 radical (unpaired) electrons. The van der Waals surface area contributed by atoms with Crippen molar-refractivity contribution in [1.82, 2.24) is 0 Å². The Balaban J connectivity index is 2.83. The molecule has 0 amide bonds. The van der Waals surface area contributed by atoms with Gasteiger partial charge in [0.25, 0.3) is 0 Å². The van der Waals surface area contributed by atoms with Gasteiger partial charge in [0, 0.05) is 4.91 Å². The normalized spacial score (nSPS) is 26.9. The molecule has 0 heterocycles. The lowest BCUT2D eigenvalue weighted by Gasteiger charge is -2.20. The third-order valence-corrected chi connectivity index (χ3v) is 1.53. The van der Waals surface area contributed by atoms with Crippen molar-refractivity contribution in [2.24, 2.45) is 5.11 Å². The predicted octanol–water partition coefficient (Wildman–Crippen LogP) is 0.723. The number of hydrogen-bond donors (Lipinski definition) is 1. The van der Waals surface area contributed by atoms with Crippen molar-refractivity contribution >= 4 is 5.78 Å². The largest absolute Gasteiger partial charge is 0.377 e. The van der Waals surface area contributed by atoms with Crippen LogP contribution in [0.1, 0.15) is 0 Å². The van der Waals surface area contributed by atoms with Gasteiger partial charge in [-0.05, 0) is 17.7 Å². The fourth-order valence-electron chi connectivity index (χ4n) is 0.854. The van der Waals surface area contributed by atoms with Crippen LogP contribution in [0.15, 0.2) is 29.4 Å². The van der Waals surface area contributed by atoms with Crippen molar-refractivity contribution < 1.29 is 9.90 Å². The monoisotopic (exact) mass is 165 g/mol. The molecule has 0 aromatic carbocycles. The van der Waals surface area contributed by atoms with Crippen LogP contribution in [-0.4, -0.2) is 23.0 Å². The number of carbonyl (C=O) groups is 1. The highest BCUT2D eigenvalue weighted by molar-refractivity contribution is 6.00. The third-order valence-electron chi connectivity index (χ3n) is 1.53. The Morgan fingerprint density at radius 2 is 2.42 bits per heavy atom. The molecule has 0 spiro atoms. The van der Waals surface area contributed by atoms with Crippen LogP contribution in [0.2, 0.25) is 0 Å². The summed E-state index contributed by atoms with van der Waals surface area (Å²) in [4.78, 5) is 13.5. The Labute approximate surface area is 68.6 Å². The smallest absolute Gasteiger partial charge is 0.191 e. The lowest BCUT2D eigenvalue weighted by molar-refractivity contribution is -0.127. The molecule has 0 fully saturated rings. The maximum Gasteiger partial charge on any atom is 0.191 e. The first-order valence-electron chi connectivity index (χ1n) is 3.32. The number of allylic oxidation sites excluding steroid dienone is 2. The van der Waals surface area contributed by atoms with E-state index >= 15 is 0 Å². The summed E-state index contributed by atoms with van der Waals surface area (Å²) in [6.45, 7) is -0.261. The fourth-order valence-corrected chi connectivity index (χ4v) is 0.854. The lowest BCUT2D eigenvalue weighted by atomic mass is 9.94. The molecule has 0 aromatic heterocycles. The van der Waals surface area contributed by atoms with Crippen molar-refractivity contribution in [3.8, 4) is 0 Å². The van der Waals surface area contributed by atoms with Gasteiger partial charge in [-0.25, -0.2) is 0 Å². The summed E-state index contributed by atoms with van der Waals surface area (Å²) in [5.74, 6) is -0.461. The van der Waals surface area contributed by atoms with Crippen molar-refractivity contribution in [3.63, 3.8) is 0 Å². The zero-order valence-corrected chi connectivity index (χ0v) is 6.21. The molecule has 5 nitrogen and oxygen atoms in total. The first-order valence-corrected chi connectivity index (χ1v) is 3.32. The molecule has 0 saturated heterocycles. The highest BCUT2D eigenvalue weighted by atomic mass is 16.3. The molecule has 0 aliphatic heterocycles. The third kappa shape index (κ3) is 1.53. The lowest BCUT2D eigenvalue weighted by Crippen LogP contribution is -2.39. The molecule has 1 N–H and O–H groups in total. The maximum absolute atomic E-state index is 11.1. The first-order chi connectivity index (χ1) is 5.69. The van der Waals surface area contributed by atoms with Gasteiger partial charge in [0.05, 0.1) is 6.54 Å². The minimum atomic E-state index is -1.64. The summed E-state index contributed by atoms with van der Waals surface area (Å²) < 4.78 is 0. The summed E-state index contributed by atoms with van der Waals surface area (Å²) in [6, 6.07) is 0. The Kier molecular flexibility index (Phi) is 2.28. The number of carbonyl (C=O) groups excluding carboxylic acids is 1. The van der Waals surface area contributed by atoms with Crippen LogP contribution in [0, 0.1) is 0 Å². The van der Waals surface area contributed by atoms with Gasteiger partial charge in [-0.2, -0.15) is 0 Å². The van der Waals surface area contributed by atoms with E-state index in [1.807, 2.05) is 0 Å². The summed E-state index contributed by atoms with van der Waals surface area (Å²) in [6.07, 6.45) is 5.61. The number of rotatable bonds is 2. The van der Waals surface area contributed by atoms with Crippen molar-refractivity contribution in [1.29, 1.82) is 0 Å². The number of aliphatic hydroxyl groups is 1. The molecule has 1 aliphatic carbocycles. The highest BCUT2D eigenvalue weighted by Gasteiger charge is 2.31. The number of hydrogen-bond acceptors (Lipinski definition) is 3. The summed E-state index contributed by atoms with van der Waals surface area (Å²) in [7, 11) is 0. The Bertz CT molecular complexity index is 302. The molecule has 1 atom stereocenters. The van der Waals surface area contributed by atoms with Crippen LogP contribution in [-0.2, 0) is 4.79 Å². The van der Waals surface area contributed by atoms with Crippen LogP contribution in [0.4, 0.5) is 0 Å². The molecule has 62 valence electrons. The van der Waals surface area contributed by atoms with E-state index in [9.17, 15) is 9.90 Å². The van der Waals surface area contributed by atoms with E-state index in [1.54, 1.807) is 0 Å². The van der Waals surface area contributed by atoms with Gasteiger partial charge in [-0.15, -0.1) is 0 Å². The summed E-state index contributed by atoms with van der Waals surface area (Å²) in [5.41, 5.74) is 6.35. The molecule has 5 heteroatoms. The van der Waals surface area contributed by atoms with E-state index in [-0.39, 0.29) is 6.54 Å². The maximum atomic E-state index is 11.1. The second-order valence-electron chi connectivity index (χ2n) is 2.40. The van der Waals surface area contributed by atoms with Crippen LogP contribution >= 0.6 is 0 Å². The minimum Gasteiger partial charge on any atom is -0.377 e. The molecule has 0 aromatic rings. The second-order valence-corrected chi connectivity index (χ2v) is 2.40. The molecule has 0 bridgehead atoms. The Morgan fingerprint density at radius 3 is 3.00 bits per heavy atom. The van der Waals surface area contributed by atoms with Crippen molar-refractivity contribution in [3.05, 3.63) is 34.7 Å². The average Bonchev–Trinajstić information content (AvgIpc) is 2.07. The topological polar surface area (TPSA) is 86.1 Å². The van der Waals surface area contributed by atoms with Crippen LogP contribution in [0.5, 0.6) is 0 Å². The average molecular weight is 165 g/mol. The predicted molar refractivity (Wildman–Crippen MR) is 42.2 cm³/mol. The Hall–Kier alpha value is -1.58. The zero-order chi connectivity index (χ0) is 9.03. The van der Waals surface area contributed by atoms with Crippen molar-refractivity contribution in [2.75, 3.05) is 6.54 Å². The van der Waals surface area contributed by atoms with Gasteiger partial charge in [-0.3, -0.25) is 4.79 Å². The summed E-state index contributed by atoms with van der Waals surface area (Å²) >= 11 is 0. The van der Waals surface area contributed by atoms with Crippen LogP contribution in [0.25, 0.3) is 10.4 Å². The van der Waals surface area contributed by atoms with Gasteiger partial charge in [0.2, 0.25) is 0 Å². The van der Waals surface area contributed by atoms with E-state index in [0.717, 1.165) is 0 Å². The van der Waals surface area contributed by atoms with E-state index in [2.05, 4.69) is 10.0 Å². The highest BCUT2D eigenvalue weighted by Crippen LogP contribution is 2.14. The number of ketones is 1. The summed E-state index contributed by atoms with van der Waals surface area (Å²) in [5, 5.41) is 12.7. The van der Waals surface area contributed by atoms with Gasteiger partial charge in [-0.1, -0.05) is 17.3 Å². The van der Waals surface area contributed by atoms with E-state index in [1.165, 1.54) is 24.3 Å². The molecule has 12 heavy (non-hydrogen) atoms. The molecule has 1 aliphatic rings. The zero-order valence-electron chi connectivity index (χ0n) is 6.21. The molecule has 1 unspecified atom stereocenters. The van der Waals surface area contributed by atoms with E-state index < -0.39 is 11.4 Å². The minimum absolute atomic E-state index is 0.261. The molecular formula is C7H7N3O2. The molecule has 1 rings (SSSR count). The number of azide groups is 1. The molecule has 0 saturated carbocycles. The Morgan fingerprint density at radius 1 is 1.67 bits per heavy atom. The van der Waals surface area contributed by atoms with Crippen molar-refractivity contribution in [2.45, 2.75) is 5.60 Å². The van der Waals surface area contributed by atoms with Gasteiger partial charge in [0.1, 0.15) is 0 Å². The van der Waals surface area contributed by atoms with Crippen LogP contribution < -0.4 is 0 Å². The van der Waals surface area contributed by atoms with Gasteiger partial charge < -0.3 is 5.11 Å². The second kappa shape index (κ2) is 3.21. The SMILES string of the molecule is [N-]=[N+]=NCC1(O)C=CC=CC1=O. The van der Waals surface area contributed by atoms with E-state index in [0.29, 0.717) is 0 Å². The van der Waals surface area contributed by atoms with E-state index in [4.69, 9.17) is 5.53 Å².